The minimum absolute atomic E-state index is 0.244. The molecule has 76 valence electrons. The fourth-order valence-corrected chi connectivity index (χ4v) is 1.42. The molecule has 1 saturated carbocycles. The zero-order valence-electron chi connectivity index (χ0n) is 6.69. The fraction of sp³-hybridized carbons (Fsp3) is 0.857. The molecule has 1 fully saturated rings. The maximum atomic E-state index is 10.4. The molecule has 13 heavy (non-hydrogen) atoms. The molecule has 6 nitrogen and oxygen atoms in total. The lowest BCUT2D eigenvalue weighted by molar-refractivity contribution is -0.199. The van der Waals surface area contributed by atoms with E-state index in [0.717, 1.165) is 0 Å². The minimum Gasteiger partial charge on any atom is -0.389 e. The number of aldehydes is 1. The maximum absolute atomic E-state index is 10.4. The summed E-state index contributed by atoms with van der Waals surface area (Å²) in [6.45, 7) is 0. The molecule has 6 heteroatoms. The Labute approximate surface area is 74.1 Å². The lowest BCUT2D eigenvalue weighted by Gasteiger charge is -2.39. The highest BCUT2D eigenvalue weighted by Gasteiger charge is 2.47. The molecular formula is C7H12O6. The number of aliphatic hydroxyl groups excluding tert-OH is 5. The molecule has 1 aliphatic carbocycles. The van der Waals surface area contributed by atoms with Gasteiger partial charge in [0.15, 0.2) is 0 Å². The monoisotopic (exact) mass is 192 g/mol. The third kappa shape index (κ3) is 1.59. The molecule has 0 radical (unpaired) electrons. The molecule has 4 atom stereocenters. The van der Waals surface area contributed by atoms with E-state index >= 15 is 0 Å². The summed E-state index contributed by atoms with van der Waals surface area (Å²) in [6.07, 6.45) is -7.73. The maximum Gasteiger partial charge on any atom is 0.128 e. The minimum atomic E-state index is -1.64. The molecule has 5 N–H and O–H groups in total. The first-order chi connectivity index (χ1) is 6.00. The zero-order chi connectivity index (χ0) is 10.2. The number of carbonyl (C=O) groups is 1. The predicted molar refractivity (Wildman–Crippen MR) is 39.6 cm³/mol. The summed E-state index contributed by atoms with van der Waals surface area (Å²) in [5, 5.41) is 45.6. The van der Waals surface area contributed by atoms with E-state index in [1.165, 1.54) is 0 Å². The summed E-state index contributed by atoms with van der Waals surface area (Å²) < 4.78 is 0. The SMILES string of the molecule is O=CC1C(O)C(O)C(O)C(O)C1O. The van der Waals surface area contributed by atoms with Crippen LogP contribution >= 0.6 is 0 Å². The summed E-state index contributed by atoms with van der Waals surface area (Å²) in [6, 6.07) is 0. The van der Waals surface area contributed by atoms with Crippen molar-refractivity contribution in [3.05, 3.63) is 0 Å². The normalized spacial score (nSPS) is 51.8. The third-order valence-corrected chi connectivity index (χ3v) is 2.35. The third-order valence-electron chi connectivity index (χ3n) is 2.35. The number of hydrogen-bond acceptors (Lipinski definition) is 6. The van der Waals surface area contributed by atoms with Crippen LogP contribution in [0.25, 0.3) is 0 Å². The van der Waals surface area contributed by atoms with Gasteiger partial charge < -0.3 is 30.3 Å². The van der Waals surface area contributed by atoms with E-state index < -0.39 is 36.4 Å². The zero-order valence-corrected chi connectivity index (χ0v) is 6.69. The van der Waals surface area contributed by atoms with Crippen LogP contribution in [-0.2, 0) is 4.79 Å². The molecule has 4 unspecified atom stereocenters. The largest absolute Gasteiger partial charge is 0.389 e. The molecule has 0 aliphatic heterocycles. The van der Waals surface area contributed by atoms with Crippen LogP contribution in [-0.4, -0.2) is 62.3 Å². The number of rotatable bonds is 1. The van der Waals surface area contributed by atoms with Crippen LogP contribution in [0.2, 0.25) is 0 Å². The molecule has 0 aromatic heterocycles. The topological polar surface area (TPSA) is 118 Å². The Morgan fingerprint density at radius 1 is 0.692 bits per heavy atom. The van der Waals surface area contributed by atoms with E-state index in [1.54, 1.807) is 0 Å². The van der Waals surface area contributed by atoms with E-state index in [0.29, 0.717) is 0 Å². The number of carbonyl (C=O) groups excluding carboxylic acids is 1. The van der Waals surface area contributed by atoms with Crippen LogP contribution < -0.4 is 0 Å². The first-order valence-corrected chi connectivity index (χ1v) is 3.86. The van der Waals surface area contributed by atoms with Crippen molar-refractivity contribution in [2.45, 2.75) is 30.5 Å². The molecule has 0 spiro atoms. The molecule has 0 heterocycles. The van der Waals surface area contributed by atoms with Gasteiger partial charge in [0.2, 0.25) is 0 Å². The van der Waals surface area contributed by atoms with Crippen molar-refractivity contribution in [2.75, 3.05) is 0 Å². The van der Waals surface area contributed by atoms with Crippen LogP contribution in [0.15, 0.2) is 0 Å². The first-order valence-electron chi connectivity index (χ1n) is 3.86. The Kier molecular flexibility index (Phi) is 2.99. The van der Waals surface area contributed by atoms with Gasteiger partial charge in [-0.3, -0.25) is 0 Å². The molecule has 1 aliphatic rings. The Morgan fingerprint density at radius 2 is 1.00 bits per heavy atom. The number of hydrogen-bond donors (Lipinski definition) is 5. The van der Waals surface area contributed by atoms with Gasteiger partial charge in [0.25, 0.3) is 0 Å². The van der Waals surface area contributed by atoms with Gasteiger partial charge in [-0.2, -0.15) is 0 Å². The van der Waals surface area contributed by atoms with E-state index in [4.69, 9.17) is 15.3 Å². The van der Waals surface area contributed by atoms with Gasteiger partial charge in [0.05, 0.1) is 18.1 Å². The highest BCUT2D eigenvalue weighted by molar-refractivity contribution is 5.56. The van der Waals surface area contributed by atoms with Crippen molar-refractivity contribution in [1.82, 2.24) is 0 Å². The molecule has 0 bridgehead atoms. The lowest BCUT2D eigenvalue weighted by atomic mass is 9.79. The van der Waals surface area contributed by atoms with Crippen molar-refractivity contribution in [3.8, 4) is 0 Å². The van der Waals surface area contributed by atoms with Gasteiger partial charge in [-0.05, 0) is 0 Å². The van der Waals surface area contributed by atoms with Gasteiger partial charge in [0, 0.05) is 0 Å². The second-order valence-electron chi connectivity index (χ2n) is 3.17. The molecular weight excluding hydrogens is 180 g/mol. The lowest BCUT2D eigenvalue weighted by Crippen LogP contribution is -2.61. The van der Waals surface area contributed by atoms with E-state index in [1.807, 2.05) is 0 Å². The average molecular weight is 192 g/mol. The van der Waals surface area contributed by atoms with Crippen LogP contribution in [0.5, 0.6) is 0 Å². The Bertz CT molecular complexity index is 179. The molecule has 0 saturated heterocycles. The quantitative estimate of drug-likeness (QED) is 0.277. The average Bonchev–Trinajstić information content (AvgIpc) is 2.13. The van der Waals surface area contributed by atoms with Crippen molar-refractivity contribution in [1.29, 1.82) is 0 Å². The summed E-state index contributed by atoms with van der Waals surface area (Å²) in [5.41, 5.74) is 0. The summed E-state index contributed by atoms with van der Waals surface area (Å²) >= 11 is 0. The first kappa shape index (κ1) is 10.6. The van der Waals surface area contributed by atoms with Crippen molar-refractivity contribution >= 4 is 6.29 Å². The summed E-state index contributed by atoms with van der Waals surface area (Å²) in [5.74, 6) is -1.27. The van der Waals surface area contributed by atoms with E-state index in [9.17, 15) is 15.0 Å². The van der Waals surface area contributed by atoms with Gasteiger partial charge in [-0.25, -0.2) is 0 Å². The molecule has 0 aromatic carbocycles. The van der Waals surface area contributed by atoms with Crippen molar-refractivity contribution in [2.24, 2.45) is 5.92 Å². The summed E-state index contributed by atoms with van der Waals surface area (Å²) in [4.78, 5) is 10.4. The second-order valence-corrected chi connectivity index (χ2v) is 3.17. The highest BCUT2D eigenvalue weighted by atomic mass is 16.4. The Balaban J connectivity index is 2.85. The standard InChI is InChI=1S/C7H12O6/c8-1-2-3(9)5(11)7(13)6(12)4(2)10/h1-7,9-13H. The fourth-order valence-electron chi connectivity index (χ4n) is 1.42. The Morgan fingerprint density at radius 3 is 1.31 bits per heavy atom. The predicted octanol–water partition coefficient (Wildman–Crippen LogP) is -3.38. The van der Waals surface area contributed by atoms with Crippen LogP contribution in [0.4, 0.5) is 0 Å². The molecule has 0 aromatic rings. The summed E-state index contributed by atoms with van der Waals surface area (Å²) in [7, 11) is 0. The molecule has 1 rings (SSSR count). The van der Waals surface area contributed by atoms with E-state index in [-0.39, 0.29) is 6.29 Å². The van der Waals surface area contributed by atoms with Gasteiger partial charge >= 0.3 is 0 Å². The smallest absolute Gasteiger partial charge is 0.128 e. The van der Waals surface area contributed by atoms with Crippen LogP contribution in [0.3, 0.4) is 0 Å². The number of aliphatic hydroxyl groups is 5. The van der Waals surface area contributed by atoms with E-state index in [2.05, 4.69) is 0 Å². The van der Waals surface area contributed by atoms with Gasteiger partial charge in [-0.1, -0.05) is 0 Å². The van der Waals surface area contributed by atoms with Gasteiger partial charge in [0.1, 0.15) is 24.6 Å². The van der Waals surface area contributed by atoms with Crippen LogP contribution in [0.1, 0.15) is 0 Å². The van der Waals surface area contributed by atoms with Gasteiger partial charge in [-0.15, -0.1) is 0 Å². The van der Waals surface area contributed by atoms with Crippen molar-refractivity contribution in [3.63, 3.8) is 0 Å². The Hall–Kier alpha value is -0.530. The molecule has 0 amide bonds. The van der Waals surface area contributed by atoms with Crippen molar-refractivity contribution < 1.29 is 30.3 Å². The van der Waals surface area contributed by atoms with Crippen LogP contribution in [0, 0.1) is 5.92 Å². The highest BCUT2D eigenvalue weighted by Crippen LogP contribution is 2.24. The second kappa shape index (κ2) is 3.69.